The van der Waals surface area contributed by atoms with Crippen LogP contribution in [-0.2, 0) is 13.1 Å². The predicted octanol–water partition coefficient (Wildman–Crippen LogP) is 4.17. The lowest BCUT2D eigenvalue weighted by Crippen LogP contribution is -2.37. The summed E-state index contributed by atoms with van der Waals surface area (Å²) in [5.74, 6) is 0. The average molecular weight is 296 g/mol. The first-order valence-corrected chi connectivity index (χ1v) is 6.88. The van der Waals surface area contributed by atoms with Crippen molar-refractivity contribution >= 4 is 23.2 Å². The fraction of sp³-hybridized carbons (Fsp3) is 0.267. The zero-order chi connectivity index (χ0) is 13.9. The van der Waals surface area contributed by atoms with Gasteiger partial charge in [-0.05, 0) is 12.1 Å². The van der Waals surface area contributed by atoms with Crippen molar-refractivity contribution in [3.63, 3.8) is 0 Å². The van der Waals surface area contributed by atoms with Gasteiger partial charge in [0.05, 0.1) is 14.1 Å². The summed E-state index contributed by atoms with van der Waals surface area (Å²) < 4.78 is 0.834. The lowest BCUT2D eigenvalue weighted by Gasteiger charge is -2.30. The summed E-state index contributed by atoms with van der Waals surface area (Å²) in [5.41, 5.74) is 2.42. The van der Waals surface area contributed by atoms with E-state index in [9.17, 15) is 0 Å². The fourth-order valence-electron chi connectivity index (χ4n) is 2.23. The van der Waals surface area contributed by atoms with Crippen molar-refractivity contribution in [3.8, 4) is 0 Å². The monoisotopic (exact) mass is 295 g/mol. The van der Waals surface area contributed by atoms with E-state index in [0.717, 1.165) is 23.1 Å². The van der Waals surface area contributed by atoms with Crippen LogP contribution < -0.4 is 0 Å². The predicted molar refractivity (Wildman–Crippen MR) is 80.2 cm³/mol. The van der Waals surface area contributed by atoms with Crippen LogP contribution in [0.5, 0.6) is 0 Å². The summed E-state index contributed by atoms with van der Waals surface area (Å²) in [6, 6.07) is 14.2. The number of pyridine rings is 1. The van der Waals surface area contributed by atoms with E-state index in [1.165, 1.54) is 5.56 Å². The van der Waals surface area contributed by atoms with Gasteiger partial charge in [0.2, 0.25) is 0 Å². The van der Waals surface area contributed by atoms with Gasteiger partial charge in [0.15, 0.2) is 0 Å². The quantitative estimate of drug-likeness (QED) is 0.609. The highest BCUT2D eigenvalue weighted by Gasteiger charge is 2.17. The number of aromatic nitrogens is 1. The molecule has 0 bridgehead atoms. The maximum absolute atomic E-state index is 5.94. The molecule has 1 aromatic heterocycles. The van der Waals surface area contributed by atoms with Gasteiger partial charge >= 0.3 is 0 Å². The molecule has 100 valence electrons. The van der Waals surface area contributed by atoms with Crippen molar-refractivity contribution in [1.82, 2.24) is 4.98 Å². The second kappa shape index (κ2) is 5.91. The van der Waals surface area contributed by atoms with E-state index in [-0.39, 0.29) is 0 Å². The largest absolute Gasteiger partial charge is 0.321 e. The van der Waals surface area contributed by atoms with Crippen molar-refractivity contribution in [2.75, 3.05) is 14.1 Å². The Bertz CT molecular complexity index is 533. The van der Waals surface area contributed by atoms with E-state index >= 15 is 0 Å². The minimum Gasteiger partial charge on any atom is -0.321 e. The maximum Gasteiger partial charge on any atom is 0.131 e. The van der Waals surface area contributed by atoms with Crippen LogP contribution in [0.15, 0.2) is 42.5 Å². The highest BCUT2D eigenvalue weighted by atomic mass is 35.5. The molecule has 2 rings (SSSR count). The Kier molecular flexibility index (Phi) is 4.46. The molecule has 0 saturated heterocycles. The Morgan fingerprint density at radius 2 is 1.42 bits per heavy atom. The molecule has 2 aromatic rings. The summed E-state index contributed by atoms with van der Waals surface area (Å²) in [6.07, 6.45) is 0. The molecule has 0 saturated carbocycles. The molecule has 1 aromatic carbocycles. The van der Waals surface area contributed by atoms with Crippen molar-refractivity contribution in [2.45, 2.75) is 13.1 Å². The number of rotatable bonds is 4. The van der Waals surface area contributed by atoms with Gasteiger partial charge in [-0.1, -0.05) is 53.5 Å². The molecule has 19 heavy (non-hydrogen) atoms. The van der Waals surface area contributed by atoms with Crippen LogP contribution in [0.2, 0.25) is 10.3 Å². The molecule has 0 unspecified atom stereocenters. The molecule has 0 N–H and O–H groups in total. The number of nitrogens with zero attached hydrogens (tertiary/aromatic N) is 2. The standard InChI is InChI=1S/C15H17Cl2N2/c1-19(2,10-12-6-4-3-5-7-12)11-13-8-14(16)18-15(17)9-13/h3-9H,10-11H2,1-2H3/q+1. The van der Waals surface area contributed by atoms with Crippen molar-refractivity contribution in [1.29, 1.82) is 0 Å². The van der Waals surface area contributed by atoms with Crippen molar-refractivity contribution in [3.05, 3.63) is 63.9 Å². The molecular weight excluding hydrogens is 279 g/mol. The minimum atomic E-state index is 0.446. The third kappa shape index (κ3) is 4.50. The van der Waals surface area contributed by atoms with E-state index < -0.39 is 0 Å². The molecule has 0 aliphatic carbocycles. The Labute approximate surface area is 124 Å². The van der Waals surface area contributed by atoms with Gasteiger partial charge in [-0.15, -0.1) is 0 Å². The zero-order valence-electron chi connectivity index (χ0n) is 11.1. The van der Waals surface area contributed by atoms with Crippen LogP contribution >= 0.6 is 23.2 Å². The molecule has 0 fully saturated rings. The van der Waals surface area contributed by atoms with E-state index in [1.54, 1.807) is 0 Å². The van der Waals surface area contributed by atoms with Crippen LogP contribution in [0.3, 0.4) is 0 Å². The van der Waals surface area contributed by atoms with Gasteiger partial charge in [-0.25, -0.2) is 4.98 Å². The number of quaternary nitrogens is 1. The lowest BCUT2D eigenvalue weighted by atomic mass is 10.1. The van der Waals surface area contributed by atoms with Gasteiger partial charge in [-0.2, -0.15) is 0 Å². The molecule has 0 aliphatic heterocycles. The summed E-state index contributed by atoms with van der Waals surface area (Å²) in [4.78, 5) is 3.97. The molecule has 2 nitrogen and oxygen atoms in total. The van der Waals surface area contributed by atoms with Crippen molar-refractivity contribution < 1.29 is 4.48 Å². The molecular formula is C15H17Cl2N2+. The van der Waals surface area contributed by atoms with Gasteiger partial charge in [0.1, 0.15) is 23.4 Å². The topological polar surface area (TPSA) is 12.9 Å². The van der Waals surface area contributed by atoms with Crippen LogP contribution in [0.25, 0.3) is 0 Å². The first-order chi connectivity index (χ1) is 8.94. The molecule has 1 heterocycles. The summed E-state index contributed by atoms with van der Waals surface area (Å²) in [6.45, 7) is 1.81. The Hall–Kier alpha value is -1.09. The number of hydrogen-bond acceptors (Lipinski definition) is 1. The summed E-state index contributed by atoms with van der Waals surface area (Å²) in [5, 5.41) is 0.893. The molecule has 0 spiro atoms. The number of halogens is 2. The van der Waals surface area contributed by atoms with E-state index in [0.29, 0.717) is 10.3 Å². The Morgan fingerprint density at radius 1 is 0.895 bits per heavy atom. The van der Waals surface area contributed by atoms with Crippen LogP contribution in [0, 0.1) is 0 Å². The lowest BCUT2D eigenvalue weighted by molar-refractivity contribution is -0.916. The fourth-order valence-corrected chi connectivity index (χ4v) is 2.74. The van der Waals surface area contributed by atoms with E-state index in [2.05, 4.69) is 43.3 Å². The SMILES string of the molecule is C[N+](C)(Cc1ccccc1)Cc1cc(Cl)nc(Cl)c1. The number of hydrogen-bond donors (Lipinski definition) is 0. The van der Waals surface area contributed by atoms with Crippen LogP contribution in [0.1, 0.15) is 11.1 Å². The highest BCUT2D eigenvalue weighted by molar-refractivity contribution is 6.32. The zero-order valence-corrected chi connectivity index (χ0v) is 12.6. The second-order valence-electron chi connectivity index (χ2n) is 5.36. The number of benzene rings is 1. The van der Waals surface area contributed by atoms with Gasteiger partial charge in [-0.3, -0.25) is 0 Å². The van der Waals surface area contributed by atoms with E-state index in [1.807, 2.05) is 18.2 Å². The molecule has 0 amide bonds. The third-order valence-electron chi connectivity index (χ3n) is 2.89. The molecule has 0 radical (unpaired) electrons. The van der Waals surface area contributed by atoms with Crippen molar-refractivity contribution in [2.24, 2.45) is 0 Å². The third-order valence-corrected chi connectivity index (χ3v) is 3.27. The minimum absolute atomic E-state index is 0.446. The first kappa shape index (κ1) is 14.3. The molecule has 0 atom stereocenters. The molecule has 4 heteroatoms. The van der Waals surface area contributed by atoms with Crippen LogP contribution in [-0.4, -0.2) is 23.6 Å². The summed E-state index contributed by atoms with van der Waals surface area (Å²) >= 11 is 11.9. The summed E-state index contributed by atoms with van der Waals surface area (Å²) in [7, 11) is 4.38. The van der Waals surface area contributed by atoms with E-state index in [4.69, 9.17) is 23.2 Å². The van der Waals surface area contributed by atoms with Crippen LogP contribution in [0.4, 0.5) is 0 Å². The normalized spacial score (nSPS) is 11.6. The highest BCUT2D eigenvalue weighted by Crippen LogP contribution is 2.19. The molecule has 0 aliphatic rings. The maximum atomic E-state index is 5.94. The first-order valence-electron chi connectivity index (χ1n) is 6.12. The smallest absolute Gasteiger partial charge is 0.131 e. The second-order valence-corrected chi connectivity index (χ2v) is 6.13. The van der Waals surface area contributed by atoms with Gasteiger partial charge in [0, 0.05) is 11.1 Å². The Morgan fingerprint density at radius 3 is 2.00 bits per heavy atom. The van der Waals surface area contributed by atoms with Gasteiger partial charge < -0.3 is 4.48 Å². The average Bonchev–Trinajstić information content (AvgIpc) is 2.27. The Balaban J connectivity index is 2.12. The van der Waals surface area contributed by atoms with Gasteiger partial charge in [0.25, 0.3) is 0 Å².